The van der Waals surface area contributed by atoms with E-state index in [1.165, 1.54) is 10.5 Å². The molecule has 168 valence electrons. The van der Waals surface area contributed by atoms with E-state index >= 15 is 0 Å². The van der Waals surface area contributed by atoms with Gasteiger partial charge in [-0.1, -0.05) is 37.3 Å². The number of hydrogen-bond acceptors (Lipinski definition) is 5. The highest BCUT2D eigenvalue weighted by Gasteiger charge is 2.19. The second kappa shape index (κ2) is 9.99. The molecule has 0 radical (unpaired) electrons. The van der Waals surface area contributed by atoms with Gasteiger partial charge in [-0.3, -0.25) is 14.0 Å². The number of aromatic nitrogens is 2. The Morgan fingerprint density at radius 1 is 1.06 bits per heavy atom. The van der Waals surface area contributed by atoms with Crippen molar-refractivity contribution in [2.45, 2.75) is 33.0 Å². The summed E-state index contributed by atoms with van der Waals surface area (Å²) < 4.78 is 13.2. The van der Waals surface area contributed by atoms with E-state index in [-0.39, 0.29) is 18.1 Å². The van der Waals surface area contributed by atoms with E-state index in [9.17, 15) is 9.59 Å². The van der Waals surface area contributed by atoms with Gasteiger partial charge >= 0.3 is 0 Å². The molecule has 0 saturated carbocycles. The highest BCUT2D eigenvalue weighted by atomic mass is 16.5. The van der Waals surface area contributed by atoms with Gasteiger partial charge in [0.2, 0.25) is 0 Å². The number of amides is 1. The minimum atomic E-state index is -0.618. The molecule has 0 aliphatic heterocycles. The zero-order valence-electron chi connectivity index (χ0n) is 18.5. The first-order valence-corrected chi connectivity index (χ1v) is 10.8. The second-order valence-electron chi connectivity index (χ2n) is 7.60. The zero-order valence-corrected chi connectivity index (χ0v) is 18.5. The van der Waals surface area contributed by atoms with Crippen LogP contribution in [0.2, 0.25) is 0 Å². The lowest BCUT2D eigenvalue weighted by Crippen LogP contribution is -2.32. The van der Waals surface area contributed by atoms with E-state index in [1.54, 1.807) is 24.4 Å². The van der Waals surface area contributed by atoms with Crippen LogP contribution in [-0.4, -0.2) is 21.4 Å². The first-order chi connectivity index (χ1) is 16.0. The topological polar surface area (TPSA) is 81.9 Å². The summed E-state index contributed by atoms with van der Waals surface area (Å²) in [4.78, 5) is 29.5. The number of nitrogens with zero attached hydrogens (tertiary/aromatic N) is 2. The number of ether oxygens (including phenoxy) is 2. The molecule has 2 heterocycles. The van der Waals surface area contributed by atoms with Gasteiger partial charge in [-0.15, -0.1) is 0 Å². The lowest BCUT2D eigenvalue weighted by Gasteiger charge is -2.18. The van der Waals surface area contributed by atoms with Crippen LogP contribution in [0.3, 0.4) is 0 Å². The standard InChI is InChI=1S/C26H25N3O4/c1-3-22(33-21-9-5-4-6-10-21)26(31)28-19-13-12-18(2)23(15-19)32-17-20-16-25(30)29-14-8-7-11-24(29)27-20/h4-16,22H,3,17H2,1-2H3,(H,28,31)/t22-/m1/s1. The summed E-state index contributed by atoms with van der Waals surface area (Å²) in [6, 6.07) is 21.5. The summed E-state index contributed by atoms with van der Waals surface area (Å²) >= 11 is 0. The second-order valence-corrected chi connectivity index (χ2v) is 7.60. The normalized spacial score (nSPS) is 11.7. The van der Waals surface area contributed by atoms with Crippen LogP contribution < -0.4 is 20.3 Å². The molecule has 33 heavy (non-hydrogen) atoms. The number of aryl methyl sites for hydroxylation is 1. The fourth-order valence-corrected chi connectivity index (χ4v) is 3.37. The molecule has 4 rings (SSSR count). The molecule has 1 amide bonds. The molecule has 0 spiro atoms. The maximum Gasteiger partial charge on any atom is 0.265 e. The number of para-hydroxylation sites is 1. The van der Waals surface area contributed by atoms with Gasteiger partial charge < -0.3 is 14.8 Å². The van der Waals surface area contributed by atoms with E-state index < -0.39 is 6.10 Å². The number of fused-ring (bicyclic) bond motifs is 1. The smallest absolute Gasteiger partial charge is 0.265 e. The first kappa shape index (κ1) is 22.1. The highest BCUT2D eigenvalue weighted by Crippen LogP contribution is 2.24. The molecule has 7 nitrogen and oxygen atoms in total. The summed E-state index contributed by atoms with van der Waals surface area (Å²) in [5.74, 6) is 1.01. The van der Waals surface area contributed by atoms with Gasteiger partial charge in [-0.2, -0.15) is 0 Å². The van der Waals surface area contributed by atoms with Crippen LogP contribution in [0.5, 0.6) is 11.5 Å². The van der Waals surface area contributed by atoms with Crippen LogP contribution in [0.15, 0.2) is 83.8 Å². The predicted octanol–water partition coefficient (Wildman–Crippen LogP) is 4.38. The third-order valence-electron chi connectivity index (χ3n) is 5.14. The first-order valence-electron chi connectivity index (χ1n) is 10.8. The van der Waals surface area contributed by atoms with Gasteiger partial charge in [0.15, 0.2) is 6.10 Å². The van der Waals surface area contributed by atoms with E-state index in [4.69, 9.17) is 9.47 Å². The molecule has 2 aromatic carbocycles. The van der Waals surface area contributed by atoms with Crippen molar-refractivity contribution in [1.82, 2.24) is 9.38 Å². The van der Waals surface area contributed by atoms with Gasteiger partial charge in [0.25, 0.3) is 11.5 Å². The summed E-state index contributed by atoms with van der Waals surface area (Å²) in [5.41, 5.74) is 2.43. The molecule has 0 fully saturated rings. The number of carbonyl (C=O) groups is 1. The Bertz CT molecular complexity index is 1320. The van der Waals surface area contributed by atoms with Crippen molar-refractivity contribution in [3.8, 4) is 11.5 Å². The Balaban J connectivity index is 1.45. The third-order valence-corrected chi connectivity index (χ3v) is 5.14. The Hall–Kier alpha value is -4.13. The van der Waals surface area contributed by atoms with Crippen molar-refractivity contribution >= 4 is 17.2 Å². The number of nitrogens with one attached hydrogen (secondary N) is 1. The van der Waals surface area contributed by atoms with Gasteiger partial charge in [-0.05, 0) is 49.2 Å². The average Bonchev–Trinajstić information content (AvgIpc) is 2.83. The van der Waals surface area contributed by atoms with Crippen molar-refractivity contribution in [3.05, 3.63) is 101 Å². The third kappa shape index (κ3) is 5.38. The Morgan fingerprint density at radius 3 is 2.64 bits per heavy atom. The number of benzene rings is 2. The predicted molar refractivity (Wildman–Crippen MR) is 127 cm³/mol. The Morgan fingerprint density at radius 2 is 1.85 bits per heavy atom. The fourth-order valence-electron chi connectivity index (χ4n) is 3.37. The summed E-state index contributed by atoms with van der Waals surface area (Å²) in [5, 5.41) is 2.90. The van der Waals surface area contributed by atoms with Crippen LogP contribution in [-0.2, 0) is 11.4 Å². The number of pyridine rings is 1. The van der Waals surface area contributed by atoms with Gasteiger partial charge in [0.05, 0.1) is 5.69 Å². The highest BCUT2D eigenvalue weighted by molar-refractivity contribution is 5.94. The van der Waals surface area contributed by atoms with Gasteiger partial charge in [0, 0.05) is 24.0 Å². The van der Waals surface area contributed by atoms with Crippen LogP contribution in [0, 0.1) is 6.92 Å². The minimum Gasteiger partial charge on any atom is -0.487 e. The molecule has 2 aromatic heterocycles. The number of anilines is 1. The molecule has 1 N–H and O–H groups in total. The van der Waals surface area contributed by atoms with Crippen molar-refractivity contribution in [2.75, 3.05) is 5.32 Å². The number of hydrogen-bond donors (Lipinski definition) is 1. The molecule has 0 unspecified atom stereocenters. The molecular weight excluding hydrogens is 418 g/mol. The molecule has 0 bridgehead atoms. The van der Waals surface area contributed by atoms with Gasteiger partial charge in [-0.25, -0.2) is 4.98 Å². The van der Waals surface area contributed by atoms with Crippen molar-refractivity contribution < 1.29 is 14.3 Å². The maximum atomic E-state index is 12.8. The summed E-state index contributed by atoms with van der Waals surface area (Å²) in [6.45, 7) is 3.95. The van der Waals surface area contributed by atoms with Crippen LogP contribution in [0.1, 0.15) is 24.6 Å². The monoisotopic (exact) mass is 443 g/mol. The van der Waals surface area contributed by atoms with E-state index in [0.717, 1.165) is 5.56 Å². The molecule has 4 aromatic rings. The van der Waals surface area contributed by atoms with Crippen LogP contribution >= 0.6 is 0 Å². The molecule has 7 heteroatoms. The molecular formula is C26H25N3O4. The Labute approximate surface area is 191 Å². The average molecular weight is 444 g/mol. The summed E-state index contributed by atoms with van der Waals surface area (Å²) in [7, 11) is 0. The summed E-state index contributed by atoms with van der Waals surface area (Å²) in [6.07, 6.45) is 1.59. The van der Waals surface area contributed by atoms with Crippen LogP contribution in [0.25, 0.3) is 5.65 Å². The van der Waals surface area contributed by atoms with Crippen molar-refractivity contribution in [3.63, 3.8) is 0 Å². The molecule has 0 aliphatic carbocycles. The largest absolute Gasteiger partial charge is 0.487 e. The van der Waals surface area contributed by atoms with Crippen LogP contribution in [0.4, 0.5) is 5.69 Å². The van der Waals surface area contributed by atoms with Crippen molar-refractivity contribution in [1.29, 1.82) is 0 Å². The molecule has 0 aliphatic rings. The molecule has 1 atom stereocenters. The van der Waals surface area contributed by atoms with E-state index in [2.05, 4.69) is 10.3 Å². The van der Waals surface area contributed by atoms with Crippen molar-refractivity contribution in [2.24, 2.45) is 0 Å². The number of rotatable bonds is 8. The number of carbonyl (C=O) groups excluding carboxylic acids is 1. The maximum absolute atomic E-state index is 12.8. The Kier molecular flexibility index (Phi) is 6.69. The lowest BCUT2D eigenvalue weighted by molar-refractivity contribution is -0.122. The lowest BCUT2D eigenvalue weighted by atomic mass is 10.2. The van der Waals surface area contributed by atoms with E-state index in [1.807, 2.05) is 62.4 Å². The van der Waals surface area contributed by atoms with E-state index in [0.29, 0.717) is 34.9 Å². The quantitative estimate of drug-likeness (QED) is 0.437. The molecule has 0 saturated heterocycles. The van der Waals surface area contributed by atoms with Gasteiger partial charge in [0.1, 0.15) is 23.8 Å². The fraction of sp³-hybridized carbons (Fsp3) is 0.192. The SMILES string of the molecule is CC[C@@H](Oc1ccccc1)C(=O)Nc1ccc(C)c(OCc2cc(=O)n3ccccc3n2)c1. The zero-order chi connectivity index (χ0) is 23.2. The minimum absolute atomic E-state index is 0.133.